The van der Waals surface area contributed by atoms with Gasteiger partial charge in [0.25, 0.3) is 0 Å². The third kappa shape index (κ3) is 4.11. The summed E-state index contributed by atoms with van der Waals surface area (Å²) >= 11 is 5.77. The lowest BCUT2D eigenvalue weighted by Gasteiger charge is -2.13. The quantitative estimate of drug-likeness (QED) is 0.556. The van der Waals surface area contributed by atoms with Gasteiger partial charge in [-0.05, 0) is 19.4 Å². The normalized spacial score (nSPS) is 13.0. The third-order valence-electron chi connectivity index (χ3n) is 2.26. The van der Waals surface area contributed by atoms with Crippen LogP contribution in [0, 0.1) is 0 Å². The zero-order valence-electron chi connectivity index (χ0n) is 8.62. The number of nitrogens with one attached hydrogen (secondary N) is 1. The number of aryl methyl sites for hydroxylation is 1. The Bertz CT molecular complexity index is 219. The summed E-state index contributed by atoms with van der Waals surface area (Å²) in [5.41, 5.74) is 0. The van der Waals surface area contributed by atoms with Crippen molar-refractivity contribution < 1.29 is 0 Å². The van der Waals surface area contributed by atoms with Crippen LogP contribution >= 0.6 is 11.6 Å². The van der Waals surface area contributed by atoms with E-state index < -0.39 is 0 Å². The zero-order chi connectivity index (χ0) is 10.2. The molecule has 0 aliphatic heterocycles. The number of aromatic nitrogens is 2. The smallest absolute Gasteiger partial charge is 0.0945 e. The summed E-state index contributed by atoms with van der Waals surface area (Å²) in [6.45, 7) is 4.19. The summed E-state index contributed by atoms with van der Waals surface area (Å²) in [7, 11) is 0. The Morgan fingerprint density at radius 1 is 1.57 bits per heavy atom. The SMILES string of the molecule is CCC(CCl)NCCCn1ccnc1. The first-order valence-corrected chi connectivity index (χ1v) is 5.65. The van der Waals surface area contributed by atoms with Crippen LogP contribution in [0.15, 0.2) is 18.7 Å². The first-order chi connectivity index (χ1) is 6.86. The first kappa shape index (κ1) is 11.5. The minimum Gasteiger partial charge on any atom is -0.337 e. The second-order valence-electron chi connectivity index (χ2n) is 3.37. The van der Waals surface area contributed by atoms with Gasteiger partial charge in [-0.1, -0.05) is 6.92 Å². The van der Waals surface area contributed by atoms with Crippen LogP contribution < -0.4 is 5.32 Å². The Morgan fingerprint density at radius 3 is 3.00 bits per heavy atom. The maximum Gasteiger partial charge on any atom is 0.0945 e. The van der Waals surface area contributed by atoms with Crippen LogP contribution in [0.25, 0.3) is 0 Å². The highest BCUT2D eigenvalue weighted by Crippen LogP contribution is 1.95. The molecule has 1 N–H and O–H groups in total. The molecule has 80 valence electrons. The second kappa shape index (κ2) is 6.85. The number of hydrogen-bond donors (Lipinski definition) is 1. The number of nitrogens with zero attached hydrogens (tertiary/aromatic N) is 2. The predicted octanol–water partition coefficient (Wildman–Crippen LogP) is 1.88. The van der Waals surface area contributed by atoms with E-state index in [9.17, 15) is 0 Å². The Morgan fingerprint density at radius 2 is 2.43 bits per heavy atom. The van der Waals surface area contributed by atoms with Crippen molar-refractivity contribution in [1.29, 1.82) is 0 Å². The summed E-state index contributed by atoms with van der Waals surface area (Å²) in [4.78, 5) is 3.99. The van der Waals surface area contributed by atoms with Crippen molar-refractivity contribution in [2.75, 3.05) is 12.4 Å². The van der Waals surface area contributed by atoms with Gasteiger partial charge in [0.2, 0.25) is 0 Å². The van der Waals surface area contributed by atoms with E-state index in [0.29, 0.717) is 11.9 Å². The monoisotopic (exact) mass is 215 g/mol. The summed E-state index contributed by atoms with van der Waals surface area (Å²) in [6, 6.07) is 0.458. The van der Waals surface area contributed by atoms with Gasteiger partial charge in [-0.3, -0.25) is 0 Å². The number of hydrogen-bond acceptors (Lipinski definition) is 2. The average molecular weight is 216 g/mol. The molecule has 0 amide bonds. The van der Waals surface area contributed by atoms with Gasteiger partial charge in [0, 0.05) is 30.9 Å². The molecule has 0 aliphatic rings. The fourth-order valence-electron chi connectivity index (χ4n) is 1.29. The molecular formula is C10H18ClN3. The fraction of sp³-hybridized carbons (Fsp3) is 0.700. The molecule has 0 aromatic carbocycles. The van der Waals surface area contributed by atoms with Crippen molar-refractivity contribution in [1.82, 2.24) is 14.9 Å². The van der Waals surface area contributed by atoms with E-state index in [1.165, 1.54) is 0 Å². The van der Waals surface area contributed by atoms with Gasteiger partial charge in [0.1, 0.15) is 0 Å². The molecule has 0 spiro atoms. The highest BCUT2D eigenvalue weighted by atomic mass is 35.5. The molecule has 3 nitrogen and oxygen atoms in total. The Balaban J connectivity index is 2.04. The van der Waals surface area contributed by atoms with E-state index in [1.807, 2.05) is 12.5 Å². The average Bonchev–Trinajstić information content (AvgIpc) is 2.71. The lowest BCUT2D eigenvalue weighted by Crippen LogP contribution is -2.31. The fourth-order valence-corrected chi connectivity index (χ4v) is 1.62. The third-order valence-corrected chi connectivity index (χ3v) is 2.64. The predicted molar refractivity (Wildman–Crippen MR) is 59.6 cm³/mol. The van der Waals surface area contributed by atoms with Crippen LogP contribution in [0.2, 0.25) is 0 Å². The van der Waals surface area contributed by atoms with Crippen LogP contribution in [0.4, 0.5) is 0 Å². The van der Waals surface area contributed by atoms with Crippen LogP contribution in [0.3, 0.4) is 0 Å². The highest BCUT2D eigenvalue weighted by Gasteiger charge is 2.01. The topological polar surface area (TPSA) is 29.9 Å². The van der Waals surface area contributed by atoms with Crippen molar-refractivity contribution in [2.24, 2.45) is 0 Å². The molecule has 1 rings (SSSR count). The molecule has 1 atom stereocenters. The van der Waals surface area contributed by atoms with Crippen molar-refractivity contribution in [2.45, 2.75) is 32.4 Å². The number of halogens is 1. The van der Waals surface area contributed by atoms with E-state index in [-0.39, 0.29) is 0 Å². The summed E-state index contributed by atoms with van der Waals surface area (Å²) < 4.78 is 2.09. The molecule has 4 heteroatoms. The van der Waals surface area contributed by atoms with Crippen molar-refractivity contribution in [3.63, 3.8) is 0 Å². The van der Waals surface area contributed by atoms with Crippen LogP contribution in [0.1, 0.15) is 19.8 Å². The van der Waals surface area contributed by atoms with E-state index >= 15 is 0 Å². The van der Waals surface area contributed by atoms with Crippen molar-refractivity contribution >= 4 is 11.6 Å². The van der Waals surface area contributed by atoms with Crippen LogP contribution in [0.5, 0.6) is 0 Å². The van der Waals surface area contributed by atoms with Gasteiger partial charge in [0.15, 0.2) is 0 Å². The maximum atomic E-state index is 5.77. The van der Waals surface area contributed by atoms with Crippen molar-refractivity contribution in [3.8, 4) is 0 Å². The summed E-state index contributed by atoms with van der Waals surface area (Å²) in [5.74, 6) is 0.696. The van der Waals surface area contributed by atoms with Gasteiger partial charge in [0.05, 0.1) is 6.33 Å². The van der Waals surface area contributed by atoms with Gasteiger partial charge >= 0.3 is 0 Å². The molecule has 0 aliphatic carbocycles. The summed E-state index contributed by atoms with van der Waals surface area (Å²) in [5, 5.41) is 3.42. The largest absolute Gasteiger partial charge is 0.337 e. The lowest BCUT2D eigenvalue weighted by atomic mass is 10.2. The van der Waals surface area contributed by atoms with E-state index in [4.69, 9.17) is 11.6 Å². The van der Waals surface area contributed by atoms with E-state index in [1.54, 1.807) is 6.20 Å². The van der Waals surface area contributed by atoms with Crippen molar-refractivity contribution in [3.05, 3.63) is 18.7 Å². The van der Waals surface area contributed by atoms with Gasteiger partial charge < -0.3 is 9.88 Å². The number of rotatable bonds is 7. The molecule has 0 radical (unpaired) electrons. The second-order valence-corrected chi connectivity index (χ2v) is 3.68. The zero-order valence-corrected chi connectivity index (χ0v) is 9.37. The molecule has 1 aromatic heterocycles. The first-order valence-electron chi connectivity index (χ1n) is 5.12. The number of imidazole rings is 1. The van der Waals surface area contributed by atoms with Gasteiger partial charge in [-0.15, -0.1) is 11.6 Å². The molecule has 0 saturated heterocycles. The molecule has 14 heavy (non-hydrogen) atoms. The molecule has 0 saturated carbocycles. The van der Waals surface area contributed by atoms with Gasteiger partial charge in [-0.2, -0.15) is 0 Å². The minimum absolute atomic E-state index is 0.458. The standard InChI is InChI=1S/C10H18ClN3/c1-2-10(8-11)13-4-3-6-14-7-5-12-9-14/h5,7,9-10,13H,2-4,6,8H2,1H3. The molecule has 1 unspecified atom stereocenters. The van der Waals surface area contributed by atoms with Crippen LogP contribution in [-0.4, -0.2) is 28.0 Å². The van der Waals surface area contributed by atoms with E-state index in [0.717, 1.165) is 25.9 Å². The van der Waals surface area contributed by atoms with Gasteiger partial charge in [-0.25, -0.2) is 4.98 Å². The molecule has 1 aromatic rings. The van der Waals surface area contributed by atoms with Crippen LogP contribution in [-0.2, 0) is 6.54 Å². The Hall–Kier alpha value is -0.540. The molecular weight excluding hydrogens is 198 g/mol. The van der Waals surface area contributed by atoms with E-state index in [2.05, 4.69) is 21.8 Å². The molecule has 1 heterocycles. The molecule has 0 fully saturated rings. The highest BCUT2D eigenvalue weighted by molar-refractivity contribution is 6.18. The molecule has 0 bridgehead atoms. The number of alkyl halides is 1. The Labute approximate surface area is 90.5 Å². The Kier molecular flexibility index (Phi) is 5.64. The maximum absolute atomic E-state index is 5.77. The lowest BCUT2D eigenvalue weighted by molar-refractivity contribution is 0.506. The summed E-state index contributed by atoms with van der Waals surface area (Å²) in [6.07, 6.45) is 7.84. The minimum atomic E-state index is 0.458.